The summed E-state index contributed by atoms with van der Waals surface area (Å²) in [6.07, 6.45) is 3.82. The van der Waals surface area contributed by atoms with Gasteiger partial charge in [0.15, 0.2) is 0 Å². The number of fused-ring (bicyclic) bond motifs is 2. The van der Waals surface area contributed by atoms with Gasteiger partial charge in [-0.15, -0.1) is 0 Å². The Morgan fingerprint density at radius 1 is 1.52 bits per heavy atom. The number of carbonyl (C=O) groups excluding carboxylic acids is 1. The quantitative estimate of drug-likeness (QED) is 0.802. The molecule has 0 saturated heterocycles. The van der Waals surface area contributed by atoms with E-state index in [0.717, 1.165) is 5.57 Å². The number of hydrogen-bond acceptors (Lipinski definition) is 2. The van der Waals surface area contributed by atoms with Crippen molar-refractivity contribution in [2.24, 2.45) is 11.3 Å². The minimum atomic E-state index is -0.722. The summed E-state index contributed by atoms with van der Waals surface area (Å²) in [5.41, 5.74) is 0.311. The standard InChI is InChI=1S/C16H15BrFNO2/c1-9-7-16(5-4-14(20)11(9)8-16)15(21)19-13-3-2-10(17)6-12(13)18/h2-6,11,14,20H,1,7-8H2,(H,19,21)/t11-,14-,16+/m1/s1. The maximum Gasteiger partial charge on any atom is 0.234 e. The Morgan fingerprint density at radius 3 is 3.00 bits per heavy atom. The van der Waals surface area contributed by atoms with Gasteiger partial charge in [0.2, 0.25) is 5.91 Å². The molecule has 3 nitrogen and oxygen atoms in total. The maximum atomic E-state index is 13.8. The lowest BCUT2D eigenvalue weighted by Crippen LogP contribution is -2.36. The number of nitrogens with one attached hydrogen (secondary N) is 1. The van der Waals surface area contributed by atoms with Crippen LogP contribution in [0, 0.1) is 17.2 Å². The van der Waals surface area contributed by atoms with Crippen molar-refractivity contribution in [2.45, 2.75) is 18.9 Å². The Bertz CT molecular complexity index is 658. The van der Waals surface area contributed by atoms with Crippen LogP contribution >= 0.6 is 15.9 Å². The minimum absolute atomic E-state index is 0.0875. The highest BCUT2D eigenvalue weighted by Gasteiger charge is 2.49. The zero-order valence-corrected chi connectivity index (χ0v) is 12.9. The molecule has 0 heterocycles. The Balaban J connectivity index is 1.86. The van der Waals surface area contributed by atoms with Crippen LogP contribution in [0.4, 0.5) is 10.1 Å². The molecule has 1 amide bonds. The summed E-state index contributed by atoms with van der Waals surface area (Å²) in [4.78, 5) is 12.6. The number of rotatable bonds is 2. The molecule has 2 aliphatic carbocycles. The number of halogens is 2. The van der Waals surface area contributed by atoms with Gasteiger partial charge in [0.05, 0.1) is 17.2 Å². The van der Waals surface area contributed by atoms with E-state index in [1.165, 1.54) is 12.1 Å². The summed E-state index contributed by atoms with van der Waals surface area (Å²) in [5.74, 6) is -0.826. The third-order valence-electron chi connectivity index (χ3n) is 4.31. The molecule has 110 valence electrons. The first-order chi connectivity index (χ1) is 9.91. The first kappa shape index (κ1) is 14.5. The van der Waals surface area contributed by atoms with E-state index in [4.69, 9.17) is 0 Å². The van der Waals surface area contributed by atoms with Crippen LogP contribution in [0.1, 0.15) is 12.8 Å². The molecule has 3 atom stereocenters. The highest BCUT2D eigenvalue weighted by atomic mass is 79.9. The molecule has 0 aliphatic heterocycles. The van der Waals surface area contributed by atoms with E-state index in [1.807, 2.05) is 0 Å². The minimum Gasteiger partial charge on any atom is -0.388 e. The largest absolute Gasteiger partial charge is 0.388 e. The van der Waals surface area contributed by atoms with Crippen LogP contribution in [0.5, 0.6) is 0 Å². The first-order valence-electron chi connectivity index (χ1n) is 6.73. The normalized spacial score (nSPS) is 30.5. The highest BCUT2D eigenvalue weighted by molar-refractivity contribution is 9.10. The van der Waals surface area contributed by atoms with Gasteiger partial charge in [0.1, 0.15) is 5.82 Å². The summed E-state index contributed by atoms with van der Waals surface area (Å²) in [7, 11) is 0. The fourth-order valence-corrected chi connectivity index (χ4v) is 3.47. The SMILES string of the molecule is C=C1C[C@@]2(C(=O)Nc3ccc(Br)cc3F)C=C[C@@H](O)[C@@H]1C2. The molecule has 1 fully saturated rings. The second kappa shape index (κ2) is 5.07. The van der Waals surface area contributed by atoms with Crippen molar-refractivity contribution < 1.29 is 14.3 Å². The fraction of sp³-hybridized carbons (Fsp3) is 0.312. The summed E-state index contributed by atoms with van der Waals surface area (Å²) in [5, 5.41) is 12.5. The number of aliphatic hydroxyl groups is 1. The Labute approximate surface area is 130 Å². The van der Waals surface area contributed by atoms with Gasteiger partial charge in [-0.1, -0.05) is 40.2 Å². The van der Waals surface area contributed by atoms with E-state index in [1.54, 1.807) is 18.2 Å². The van der Waals surface area contributed by atoms with Crippen LogP contribution in [0.25, 0.3) is 0 Å². The van der Waals surface area contributed by atoms with Crippen LogP contribution in [-0.4, -0.2) is 17.1 Å². The van der Waals surface area contributed by atoms with Gasteiger partial charge in [-0.3, -0.25) is 4.79 Å². The molecule has 1 aromatic rings. The van der Waals surface area contributed by atoms with E-state index < -0.39 is 17.3 Å². The molecule has 2 aliphatic rings. The van der Waals surface area contributed by atoms with Gasteiger partial charge in [-0.05, 0) is 31.0 Å². The van der Waals surface area contributed by atoms with Gasteiger partial charge >= 0.3 is 0 Å². The lowest BCUT2D eigenvalue weighted by atomic mass is 9.79. The van der Waals surface area contributed by atoms with Crippen LogP contribution < -0.4 is 5.32 Å². The number of carbonyl (C=O) groups is 1. The van der Waals surface area contributed by atoms with E-state index >= 15 is 0 Å². The Kier molecular flexibility index (Phi) is 3.50. The fourth-order valence-electron chi connectivity index (χ4n) is 3.14. The second-order valence-electron chi connectivity index (χ2n) is 5.73. The maximum absolute atomic E-state index is 13.8. The van der Waals surface area contributed by atoms with Gasteiger partial charge < -0.3 is 10.4 Å². The van der Waals surface area contributed by atoms with E-state index in [-0.39, 0.29) is 17.5 Å². The molecular weight excluding hydrogens is 337 g/mol. The van der Waals surface area contributed by atoms with Crippen molar-refractivity contribution in [1.29, 1.82) is 0 Å². The van der Waals surface area contributed by atoms with Gasteiger partial charge in [0, 0.05) is 10.4 Å². The number of amides is 1. The highest BCUT2D eigenvalue weighted by Crippen LogP contribution is 2.51. The van der Waals surface area contributed by atoms with E-state index in [9.17, 15) is 14.3 Å². The Hall–Kier alpha value is -1.46. The molecule has 0 spiro atoms. The monoisotopic (exact) mass is 351 g/mol. The number of anilines is 1. The van der Waals surface area contributed by atoms with Crippen molar-refractivity contribution in [3.63, 3.8) is 0 Å². The van der Waals surface area contributed by atoms with Gasteiger partial charge in [-0.2, -0.15) is 0 Å². The number of benzene rings is 1. The van der Waals surface area contributed by atoms with Gasteiger partial charge in [-0.25, -0.2) is 4.39 Å². The molecule has 2 bridgehead atoms. The average Bonchev–Trinajstić information content (AvgIpc) is 2.72. The zero-order valence-electron chi connectivity index (χ0n) is 11.3. The third-order valence-corrected chi connectivity index (χ3v) is 4.80. The predicted molar refractivity (Wildman–Crippen MR) is 82.2 cm³/mol. The molecule has 0 aromatic heterocycles. The molecule has 1 aromatic carbocycles. The van der Waals surface area contributed by atoms with Crippen LogP contribution in [-0.2, 0) is 4.79 Å². The predicted octanol–water partition coefficient (Wildman–Crippen LogP) is 3.41. The lowest BCUT2D eigenvalue weighted by molar-refractivity contribution is -0.123. The molecule has 5 heteroatoms. The summed E-state index contributed by atoms with van der Waals surface area (Å²) < 4.78 is 14.5. The van der Waals surface area contributed by atoms with Crippen LogP contribution in [0.2, 0.25) is 0 Å². The number of aliphatic hydroxyl groups excluding tert-OH is 1. The second-order valence-corrected chi connectivity index (χ2v) is 6.65. The van der Waals surface area contributed by atoms with Crippen molar-refractivity contribution in [3.8, 4) is 0 Å². The van der Waals surface area contributed by atoms with E-state index in [0.29, 0.717) is 17.3 Å². The van der Waals surface area contributed by atoms with Crippen molar-refractivity contribution in [1.82, 2.24) is 0 Å². The summed E-state index contributed by atoms with van der Waals surface area (Å²) in [6, 6.07) is 4.51. The molecule has 2 N–H and O–H groups in total. The topological polar surface area (TPSA) is 49.3 Å². The summed E-state index contributed by atoms with van der Waals surface area (Å²) >= 11 is 3.18. The zero-order chi connectivity index (χ0) is 15.2. The van der Waals surface area contributed by atoms with Gasteiger partial charge in [0.25, 0.3) is 0 Å². The average molecular weight is 352 g/mol. The Morgan fingerprint density at radius 2 is 2.29 bits per heavy atom. The molecule has 0 radical (unpaired) electrons. The molecule has 0 unspecified atom stereocenters. The first-order valence-corrected chi connectivity index (χ1v) is 7.52. The van der Waals surface area contributed by atoms with Crippen molar-refractivity contribution in [2.75, 3.05) is 5.32 Å². The molecule has 3 rings (SSSR count). The van der Waals surface area contributed by atoms with Crippen molar-refractivity contribution in [3.05, 3.63) is 52.8 Å². The van der Waals surface area contributed by atoms with Crippen LogP contribution in [0.15, 0.2) is 47.0 Å². The van der Waals surface area contributed by atoms with Crippen molar-refractivity contribution >= 4 is 27.5 Å². The smallest absolute Gasteiger partial charge is 0.234 e. The molecule has 21 heavy (non-hydrogen) atoms. The molecule has 1 saturated carbocycles. The van der Waals surface area contributed by atoms with Crippen LogP contribution in [0.3, 0.4) is 0 Å². The molecular formula is C16H15BrFNO2. The summed E-state index contributed by atoms with van der Waals surface area (Å²) in [6.45, 7) is 3.95. The third kappa shape index (κ3) is 2.45. The van der Waals surface area contributed by atoms with E-state index in [2.05, 4.69) is 27.8 Å². The number of hydrogen-bond donors (Lipinski definition) is 2. The lowest BCUT2D eigenvalue weighted by Gasteiger charge is -2.28.